The lowest BCUT2D eigenvalue weighted by Gasteiger charge is -2.08. The Labute approximate surface area is 101 Å². The Kier molecular flexibility index (Phi) is 3.43. The van der Waals surface area contributed by atoms with Crippen LogP contribution in [0.1, 0.15) is 28.8 Å². The summed E-state index contributed by atoms with van der Waals surface area (Å²) in [5, 5.41) is 0. The monoisotopic (exact) mass is 228 g/mol. The third-order valence-corrected chi connectivity index (χ3v) is 2.82. The standard InChI is InChI=1S/C15H16O2/c1-11(10-13-6-4-3-5-7-13)15(16)14-9-8-12(2)17-14/h3-9,11H,10H2,1-2H3/t11-/m0/s1. The number of hydrogen-bond acceptors (Lipinski definition) is 2. The summed E-state index contributed by atoms with van der Waals surface area (Å²) in [7, 11) is 0. The minimum atomic E-state index is -0.0528. The number of carbonyl (C=O) groups excluding carboxylic acids is 1. The van der Waals surface area contributed by atoms with Crippen LogP contribution < -0.4 is 0 Å². The lowest BCUT2D eigenvalue weighted by atomic mass is 9.96. The third-order valence-electron chi connectivity index (χ3n) is 2.82. The summed E-state index contributed by atoms with van der Waals surface area (Å²) < 4.78 is 5.35. The van der Waals surface area contributed by atoms with Crippen molar-refractivity contribution < 1.29 is 9.21 Å². The van der Waals surface area contributed by atoms with E-state index in [9.17, 15) is 4.79 Å². The van der Waals surface area contributed by atoms with Gasteiger partial charge in [-0.05, 0) is 31.0 Å². The van der Waals surface area contributed by atoms with Gasteiger partial charge in [0.2, 0.25) is 5.78 Å². The fraction of sp³-hybridized carbons (Fsp3) is 0.267. The highest BCUT2D eigenvalue weighted by Crippen LogP contribution is 2.16. The topological polar surface area (TPSA) is 30.2 Å². The van der Waals surface area contributed by atoms with E-state index in [4.69, 9.17) is 4.42 Å². The van der Waals surface area contributed by atoms with Gasteiger partial charge in [-0.25, -0.2) is 0 Å². The smallest absolute Gasteiger partial charge is 0.201 e. The van der Waals surface area contributed by atoms with Crippen LogP contribution in [-0.2, 0) is 6.42 Å². The maximum Gasteiger partial charge on any atom is 0.201 e. The molecule has 1 atom stereocenters. The predicted octanol–water partition coefficient (Wildman–Crippen LogP) is 3.65. The van der Waals surface area contributed by atoms with Gasteiger partial charge in [0.15, 0.2) is 5.76 Å². The number of benzene rings is 1. The van der Waals surface area contributed by atoms with Gasteiger partial charge in [0.25, 0.3) is 0 Å². The molecule has 1 aromatic carbocycles. The summed E-state index contributed by atoms with van der Waals surface area (Å²) in [6.45, 7) is 3.78. The van der Waals surface area contributed by atoms with Gasteiger partial charge in [0.1, 0.15) is 5.76 Å². The molecule has 2 heteroatoms. The fourth-order valence-corrected chi connectivity index (χ4v) is 1.87. The Morgan fingerprint density at radius 3 is 2.47 bits per heavy atom. The van der Waals surface area contributed by atoms with E-state index in [0.29, 0.717) is 5.76 Å². The van der Waals surface area contributed by atoms with Crippen LogP contribution in [-0.4, -0.2) is 5.78 Å². The van der Waals surface area contributed by atoms with Gasteiger partial charge in [-0.2, -0.15) is 0 Å². The summed E-state index contributed by atoms with van der Waals surface area (Å²) >= 11 is 0. The molecular weight excluding hydrogens is 212 g/mol. The molecule has 0 spiro atoms. The van der Waals surface area contributed by atoms with Gasteiger partial charge in [-0.1, -0.05) is 37.3 Å². The van der Waals surface area contributed by atoms with Gasteiger partial charge in [0, 0.05) is 5.92 Å². The molecule has 0 amide bonds. The summed E-state index contributed by atoms with van der Waals surface area (Å²) in [5.74, 6) is 1.26. The number of carbonyl (C=O) groups is 1. The van der Waals surface area contributed by atoms with E-state index in [0.717, 1.165) is 12.2 Å². The second-order valence-corrected chi connectivity index (χ2v) is 4.37. The van der Waals surface area contributed by atoms with E-state index < -0.39 is 0 Å². The maximum absolute atomic E-state index is 12.1. The first kappa shape index (κ1) is 11.6. The number of aryl methyl sites for hydroxylation is 1. The molecule has 0 aliphatic carbocycles. The van der Waals surface area contributed by atoms with Crippen LogP contribution in [0.15, 0.2) is 46.9 Å². The third kappa shape index (κ3) is 2.84. The molecule has 88 valence electrons. The molecule has 0 N–H and O–H groups in total. The van der Waals surface area contributed by atoms with Gasteiger partial charge in [-0.15, -0.1) is 0 Å². The molecule has 0 aliphatic rings. The zero-order valence-corrected chi connectivity index (χ0v) is 10.1. The second-order valence-electron chi connectivity index (χ2n) is 4.37. The van der Waals surface area contributed by atoms with Gasteiger partial charge >= 0.3 is 0 Å². The summed E-state index contributed by atoms with van der Waals surface area (Å²) in [5.41, 5.74) is 1.18. The number of ketones is 1. The maximum atomic E-state index is 12.1. The molecular formula is C15H16O2. The quantitative estimate of drug-likeness (QED) is 0.748. The molecule has 0 saturated carbocycles. The lowest BCUT2D eigenvalue weighted by molar-refractivity contribution is 0.0900. The molecule has 2 aromatic rings. The van der Waals surface area contributed by atoms with Crippen molar-refractivity contribution in [3.8, 4) is 0 Å². The van der Waals surface area contributed by atoms with Crippen molar-refractivity contribution >= 4 is 5.78 Å². The number of hydrogen-bond donors (Lipinski definition) is 0. The Morgan fingerprint density at radius 2 is 1.88 bits per heavy atom. The van der Waals surface area contributed by atoms with E-state index in [-0.39, 0.29) is 11.7 Å². The van der Waals surface area contributed by atoms with E-state index in [2.05, 4.69) is 0 Å². The minimum absolute atomic E-state index is 0.0528. The summed E-state index contributed by atoms with van der Waals surface area (Å²) in [6, 6.07) is 13.6. The lowest BCUT2D eigenvalue weighted by Crippen LogP contribution is -2.13. The van der Waals surface area contributed by atoms with Crippen molar-refractivity contribution in [3.05, 3.63) is 59.5 Å². The van der Waals surface area contributed by atoms with Crippen molar-refractivity contribution in [2.24, 2.45) is 5.92 Å². The Hall–Kier alpha value is -1.83. The van der Waals surface area contributed by atoms with Gasteiger partial charge < -0.3 is 4.42 Å². The van der Waals surface area contributed by atoms with E-state index in [1.807, 2.05) is 50.2 Å². The van der Waals surface area contributed by atoms with Crippen LogP contribution >= 0.6 is 0 Å². The largest absolute Gasteiger partial charge is 0.458 e. The highest BCUT2D eigenvalue weighted by atomic mass is 16.3. The molecule has 0 bridgehead atoms. The van der Waals surface area contributed by atoms with Crippen LogP contribution in [0.3, 0.4) is 0 Å². The first-order chi connectivity index (χ1) is 8.16. The zero-order valence-electron chi connectivity index (χ0n) is 10.1. The van der Waals surface area contributed by atoms with Gasteiger partial charge in [-0.3, -0.25) is 4.79 Å². The molecule has 17 heavy (non-hydrogen) atoms. The van der Waals surface area contributed by atoms with Crippen LogP contribution in [0.2, 0.25) is 0 Å². The Balaban J connectivity index is 2.06. The minimum Gasteiger partial charge on any atom is -0.458 e. The SMILES string of the molecule is Cc1ccc(C(=O)[C@@H](C)Cc2ccccc2)o1. The van der Waals surface area contributed by atoms with Crippen LogP contribution in [0.25, 0.3) is 0 Å². The van der Waals surface area contributed by atoms with Crippen molar-refractivity contribution in [1.29, 1.82) is 0 Å². The molecule has 1 heterocycles. The zero-order chi connectivity index (χ0) is 12.3. The van der Waals surface area contributed by atoms with E-state index >= 15 is 0 Å². The molecule has 1 aromatic heterocycles. The highest BCUT2D eigenvalue weighted by Gasteiger charge is 2.18. The molecule has 2 rings (SSSR count). The fourth-order valence-electron chi connectivity index (χ4n) is 1.87. The summed E-state index contributed by atoms with van der Waals surface area (Å²) in [6.07, 6.45) is 0.749. The van der Waals surface area contributed by atoms with Crippen molar-refractivity contribution in [1.82, 2.24) is 0 Å². The molecule has 0 unspecified atom stereocenters. The summed E-state index contributed by atoms with van der Waals surface area (Å²) in [4.78, 5) is 12.1. The number of furan rings is 1. The molecule has 0 aliphatic heterocycles. The second kappa shape index (κ2) is 5.00. The van der Waals surface area contributed by atoms with E-state index in [1.54, 1.807) is 6.07 Å². The first-order valence-corrected chi connectivity index (χ1v) is 5.81. The van der Waals surface area contributed by atoms with Crippen LogP contribution in [0.5, 0.6) is 0 Å². The Morgan fingerprint density at radius 1 is 1.18 bits per heavy atom. The normalized spacial score (nSPS) is 12.4. The number of Topliss-reactive ketones (excluding diaryl/α,β-unsaturated/α-hetero) is 1. The molecule has 0 fully saturated rings. The van der Waals surface area contributed by atoms with Crippen molar-refractivity contribution in [2.45, 2.75) is 20.3 Å². The average molecular weight is 228 g/mol. The highest BCUT2D eigenvalue weighted by molar-refractivity contribution is 5.95. The molecule has 0 saturated heterocycles. The predicted molar refractivity (Wildman–Crippen MR) is 67.1 cm³/mol. The van der Waals surface area contributed by atoms with Gasteiger partial charge in [0.05, 0.1) is 0 Å². The van der Waals surface area contributed by atoms with Crippen molar-refractivity contribution in [3.63, 3.8) is 0 Å². The first-order valence-electron chi connectivity index (χ1n) is 5.81. The average Bonchev–Trinajstić information content (AvgIpc) is 2.76. The Bertz CT molecular complexity index is 497. The molecule has 2 nitrogen and oxygen atoms in total. The number of rotatable bonds is 4. The van der Waals surface area contributed by atoms with E-state index in [1.165, 1.54) is 5.56 Å². The van der Waals surface area contributed by atoms with Crippen LogP contribution in [0.4, 0.5) is 0 Å². The molecule has 0 radical (unpaired) electrons. The van der Waals surface area contributed by atoms with Crippen molar-refractivity contribution in [2.75, 3.05) is 0 Å². The van der Waals surface area contributed by atoms with Crippen LogP contribution in [0, 0.1) is 12.8 Å².